The Morgan fingerprint density at radius 1 is 1.00 bits per heavy atom. The first-order chi connectivity index (χ1) is 17.2. The predicted octanol–water partition coefficient (Wildman–Crippen LogP) is 6.99. The van der Waals surface area contributed by atoms with Crippen LogP contribution in [0.5, 0.6) is 0 Å². The van der Waals surface area contributed by atoms with Gasteiger partial charge in [-0.05, 0) is 67.3 Å². The normalized spacial score (nSPS) is 13.2. The van der Waals surface area contributed by atoms with Gasteiger partial charge in [0.2, 0.25) is 0 Å². The van der Waals surface area contributed by atoms with E-state index in [2.05, 4.69) is 11.4 Å². The standard InChI is InChI=1S/C28H25Cl3N2O3/c1-3-25(36-28(35)26-23(30)8-5-9-24(26)31)27(34)33-17(2)22(15-18-10-12-21(29)13-11-18)20-7-4-6-19(14-20)16-32/h4-14,17,22,25H,3,15H2,1-2H3,(H,33,34)/t17-,22+,25-/m0/s1. The van der Waals surface area contributed by atoms with Crippen molar-refractivity contribution in [3.05, 3.63) is 104 Å². The first-order valence-corrected chi connectivity index (χ1v) is 12.6. The molecular formula is C28H25Cl3N2O3. The third-order valence-corrected chi connectivity index (χ3v) is 6.75. The molecule has 0 aliphatic rings. The number of hydrogen-bond donors (Lipinski definition) is 1. The second-order valence-corrected chi connectivity index (χ2v) is 9.62. The Morgan fingerprint density at radius 2 is 1.64 bits per heavy atom. The Labute approximate surface area is 225 Å². The Morgan fingerprint density at radius 3 is 2.25 bits per heavy atom. The lowest BCUT2D eigenvalue weighted by molar-refractivity contribution is -0.130. The zero-order chi connectivity index (χ0) is 26.2. The van der Waals surface area contributed by atoms with Gasteiger partial charge in [-0.2, -0.15) is 5.26 Å². The lowest BCUT2D eigenvalue weighted by Crippen LogP contribution is -2.44. The van der Waals surface area contributed by atoms with Gasteiger partial charge in [0.05, 0.1) is 27.2 Å². The molecule has 0 saturated carbocycles. The number of ether oxygens (including phenoxy) is 1. The quantitative estimate of drug-likeness (QED) is 0.295. The summed E-state index contributed by atoms with van der Waals surface area (Å²) >= 11 is 18.3. The van der Waals surface area contributed by atoms with Crippen molar-refractivity contribution in [3.63, 3.8) is 0 Å². The van der Waals surface area contributed by atoms with Crippen molar-refractivity contribution < 1.29 is 14.3 Å². The molecule has 0 aliphatic heterocycles. The van der Waals surface area contributed by atoms with Crippen molar-refractivity contribution in [2.45, 2.75) is 44.8 Å². The Bertz CT molecular complexity index is 1250. The van der Waals surface area contributed by atoms with Crippen LogP contribution in [0.4, 0.5) is 0 Å². The molecular weight excluding hydrogens is 519 g/mol. The maximum Gasteiger partial charge on any atom is 0.341 e. The number of nitriles is 1. The zero-order valence-corrected chi connectivity index (χ0v) is 22.1. The highest BCUT2D eigenvalue weighted by Crippen LogP contribution is 2.28. The largest absolute Gasteiger partial charge is 0.449 e. The molecule has 3 aromatic rings. The van der Waals surface area contributed by atoms with E-state index < -0.39 is 18.0 Å². The number of esters is 1. The van der Waals surface area contributed by atoms with Gasteiger partial charge >= 0.3 is 5.97 Å². The molecule has 0 saturated heterocycles. The average molecular weight is 544 g/mol. The van der Waals surface area contributed by atoms with Crippen molar-refractivity contribution in [3.8, 4) is 6.07 Å². The Hall–Kier alpha value is -3.04. The second-order valence-electron chi connectivity index (χ2n) is 8.37. The summed E-state index contributed by atoms with van der Waals surface area (Å²) in [4.78, 5) is 25.9. The molecule has 0 fully saturated rings. The first-order valence-electron chi connectivity index (χ1n) is 11.4. The van der Waals surface area contributed by atoms with Crippen LogP contribution in [0.3, 0.4) is 0 Å². The molecule has 186 valence electrons. The minimum absolute atomic E-state index is 0.0223. The van der Waals surface area contributed by atoms with Crippen LogP contribution in [0, 0.1) is 11.3 Å². The van der Waals surface area contributed by atoms with Crippen molar-refractivity contribution in [2.24, 2.45) is 0 Å². The molecule has 0 spiro atoms. The van der Waals surface area contributed by atoms with Crippen molar-refractivity contribution in [1.82, 2.24) is 5.32 Å². The van der Waals surface area contributed by atoms with Gasteiger partial charge in [-0.25, -0.2) is 4.79 Å². The summed E-state index contributed by atoms with van der Waals surface area (Å²) in [5, 5.41) is 13.3. The molecule has 36 heavy (non-hydrogen) atoms. The third-order valence-electron chi connectivity index (χ3n) is 5.87. The number of carbonyl (C=O) groups is 2. The molecule has 3 atom stereocenters. The van der Waals surface area contributed by atoms with E-state index in [0.29, 0.717) is 17.0 Å². The molecule has 0 aliphatic carbocycles. The molecule has 0 unspecified atom stereocenters. The fraction of sp³-hybridized carbons (Fsp3) is 0.250. The second kappa shape index (κ2) is 12.8. The summed E-state index contributed by atoms with van der Waals surface area (Å²) in [6, 6.07) is 21.3. The number of halogens is 3. The van der Waals surface area contributed by atoms with Gasteiger partial charge in [0, 0.05) is 17.0 Å². The van der Waals surface area contributed by atoms with Gasteiger partial charge in [0.1, 0.15) is 0 Å². The van der Waals surface area contributed by atoms with Crippen LogP contribution in [0.1, 0.15) is 53.2 Å². The molecule has 0 radical (unpaired) electrons. The molecule has 0 heterocycles. The van der Waals surface area contributed by atoms with E-state index in [1.807, 2.05) is 49.4 Å². The third kappa shape index (κ3) is 7.01. The Kier molecular flexibility index (Phi) is 9.78. The van der Waals surface area contributed by atoms with Gasteiger partial charge in [-0.1, -0.05) is 72.1 Å². The van der Waals surface area contributed by atoms with Crippen LogP contribution >= 0.6 is 34.8 Å². The van der Waals surface area contributed by atoms with E-state index in [1.54, 1.807) is 19.1 Å². The molecule has 5 nitrogen and oxygen atoms in total. The lowest BCUT2D eigenvalue weighted by Gasteiger charge is -2.27. The first kappa shape index (κ1) is 27.5. The van der Waals surface area contributed by atoms with Gasteiger partial charge in [0.25, 0.3) is 5.91 Å². The maximum absolute atomic E-state index is 13.2. The van der Waals surface area contributed by atoms with Crippen LogP contribution in [-0.2, 0) is 16.0 Å². The number of amides is 1. The van der Waals surface area contributed by atoms with Crippen molar-refractivity contribution in [1.29, 1.82) is 5.26 Å². The highest BCUT2D eigenvalue weighted by atomic mass is 35.5. The van der Waals surface area contributed by atoms with Crippen LogP contribution in [-0.4, -0.2) is 24.0 Å². The van der Waals surface area contributed by atoms with E-state index in [0.717, 1.165) is 11.1 Å². The number of hydrogen-bond acceptors (Lipinski definition) is 4. The molecule has 1 amide bonds. The minimum Gasteiger partial charge on any atom is -0.449 e. The molecule has 3 rings (SSSR count). The minimum atomic E-state index is -1.03. The highest BCUT2D eigenvalue weighted by Gasteiger charge is 2.28. The summed E-state index contributed by atoms with van der Waals surface area (Å²) in [5.74, 6) is -1.35. The number of rotatable bonds is 9. The van der Waals surface area contributed by atoms with Crippen molar-refractivity contribution in [2.75, 3.05) is 0 Å². The summed E-state index contributed by atoms with van der Waals surface area (Å²) < 4.78 is 5.49. The molecule has 8 heteroatoms. The number of benzene rings is 3. The van der Waals surface area contributed by atoms with E-state index in [-0.39, 0.29) is 34.0 Å². The smallest absolute Gasteiger partial charge is 0.341 e. The topological polar surface area (TPSA) is 79.2 Å². The Balaban J connectivity index is 1.80. The van der Waals surface area contributed by atoms with Crippen LogP contribution in [0.25, 0.3) is 0 Å². The van der Waals surface area contributed by atoms with Gasteiger partial charge < -0.3 is 10.1 Å². The van der Waals surface area contributed by atoms with E-state index >= 15 is 0 Å². The molecule has 0 aromatic heterocycles. The SMILES string of the molecule is CC[C@H](OC(=O)c1c(Cl)cccc1Cl)C(=O)N[C@@H](C)[C@@H](Cc1ccc(Cl)cc1)c1cccc(C#N)c1. The number of nitrogens with zero attached hydrogens (tertiary/aromatic N) is 1. The van der Waals surface area contributed by atoms with E-state index in [9.17, 15) is 14.9 Å². The fourth-order valence-electron chi connectivity index (χ4n) is 3.92. The van der Waals surface area contributed by atoms with E-state index in [1.165, 1.54) is 12.1 Å². The lowest BCUT2D eigenvalue weighted by atomic mass is 9.85. The van der Waals surface area contributed by atoms with Crippen LogP contribution < -0.4 is 5.32 Å². The summed E-state index contributed by atoms with van der Waals surface area (Å²) in [7, 11) is 0. The summed E-state index contributed by atoms with van der Waals surface area (Å²) in [6.45, 7) is 3.63. The maximum atomic E-state index is 13.2. The van der Waals surface area contributed by atoms with Crippen LogP contribution in [0.15, 0.2) is 66.7 Å². The number of carbonyl (C=O) groups excluding carboxylic acids is 2. The monoisotopic (exact) mass is 542 g/mol. The van der Waals surface area contributed by atoms with Gasteiger partial charge in [-0.15, -0.1) is 0 Å². The molecule has 0 bridgehead atoms. The zero-order valence-electron chi connectivity index (χ0n) is 19.8. The number of nitrogens with one attached hydrogen (secondary N) is 1. The van der Waals surface area contributed by atoms with E-state index in [4.69, 9.17) is 39.5 Å². The van der Waals surface area contributed by atoms with Gasteiger partial charge in [-0.3, -0.25) is 4.79 Å². The predicted molar refractivity (Wildman–Crippen MR) is 143 cm³/mol. The fourth-order valence-corrected chi connectivity index (χ4v) is 4.60. The highest BCUT2D eigenvalue weighted by molar-refractivity contribution is 6.39. The summed E-state index contributed by atoms with van der Waals surface area (Å²) in [6.07, 6.45) is -0.175. The van der Waals surface area contributed by atoms with Gasteiger partial charge in [0.15, 0.2) is 6.10 Å². The van der Waals surface area contributed by atoms with Crippen molar-refractivity contribution >= 4 is 46.7 Å². The van der Waals surface area contributed by atoms with Crippen LogP contribution in [0.2, 0.25) is 15.1 Å². The molecule has 1 N–H and O–H groups in total. The average Bonchev–Trinajstić information content (AvgIpc) is 2.86. The molecule has 3 aromatic carbocycles. The summed E-state index contributed by atoms with van der Waals surface area (Å²) in [5.41, 5.74) is 2.49.